The highest BCUT2D eigenvalue weighted by molar-refractivity contribution is 5.85. The highest BCUT2D eigenvalue weighted by atomic mass is 35.5. The first-order valence-corrected chi connectivity index (χ1v) is 8.44. The summed E-state index contributed by atoms with van der Waals surface area (Å²) in [5.41, 5.74) is 0. The number of hydrogen-bond acceptors (Lipinski definition) is 4. The Bertz CT molecular complexity index is 351. The van der Waals surface area contributed by atoms with E-state index in [1.807, 2.05) is 6.92 Å². The molecule has 6 heteroatoms. The molecular weight excluding hydrogens is 304 g/mol. The van der Waals surface area contributed by atoms with Crippen molar-refractivity contribution in [2.24, 2.45) is 5.92 Å². The van der Waals surface area contributed by atoms with Gasteiger partial charge in [-0.25, -0.2) is 0 Å². The van der Waals surface area contributed by atoms with Crippen molar-refractivity contribution in [3.8, 4) is 0 Å². The van der Waals surface area contributed by atoms with Gasteiger partial charge in [0.15, 0.2) is 0 Å². The largest absolute Gasteiger partial charge is 0.379 e. The molecule has 0 saturated carbocycles. The fourth-order valence-corrected chi connectivity index (χ4v) is 3.90. The Balaban J connectivity index is 0.00000176. The monoisotopic (exact) mass is 332 g/mol. The third-order valence-electron chi connectivity index (χ3n) is 4.92. The van der Waals surface area contributed by atoms with Crippen molar-refractivity contribution in [1.29, 1.82) is 0 Å². The van der Waals surface area contributed by atoms with Gasteiger partial charge < -0.3 is 20.1 Å². The second-order valence-corrected chi connectivity index (χ2v) is 6.97. The molecule has 3 rings (SSSR count). The summed E-state index contributed by atoms with van der Waals surface area (Å²) in [6.07, 6.45) is 6.75. The predicted molar refractivity (Wildman–Crippen MR) is 87.3 cm³/mol. The van der Waals surface area contributed by atoms with Crippen LogP contribution in [0.15, 0.2) is 0 Å². The Morgan fingerprint density at radius 2 is 2.05 bits per heavy atom. The topological polar surface area (TPSA) is 59.6 Å². The van der Waals surface area contributed by atoms with E-state index in [0.29, 0.717) is 37.6 Å². The number of amides is 1. The van der Waals surface area contributed by atoms with Crippen LogP contribution in [0.5, 0.6) is 0 Å². The van der Waals surface area contributed by atoms with Crippen LogP contribution in [0.1, 0.15) is 45.4 Å². The fourth-order valence-electron chi connectivity index (χ4n) is 3.90. The normalized spacial score (nSPS) is 35.0. The van der Waals surface area contributed by atoms with Crippen LogP contribution in [-0.2, 0) is 14.3 Å². The molecule has 5 nitrogen and oxygen atoms in total. The van der Waals surface area contributed by atoms with E-state index in [2.05, 4.69) is 10.6 Å². The second kappa shape index (κ2) is 8.48. The molecule has 4 atom stereocenters. The van der Waals surface area contributed by atoms with Gasteiger partial charge in [-0.05, 0) is 44.9 Å². The van der Waals surface area contributed by atoms with Gasteiger partial charge in [-0.3, -0.25) is 4.79 Å². The summed E-state index contributed by atoms with van der Waals surface area (Å²) >= 11 is 0. The first-order valence-electron chi connectivity index (χ1n) is 8.44. The Kier molecular flexibility index (Phi) is 6.93. The molecule has 0 aliphatic carbocycles. The lowest BCUT2D eigenvalue weighted by Crippen LogP contribution is -2.42. The van der Waals surface area contributed by atoms with Gasteiger partial charge in [-0.15, -0.1) is 12.4 Å². The second-order valence-electron chi connectivity index (χ2n) is 6.97. The van der Waals surface area contributed by atoms with Crippen molar-refractivity contribution in [2.75, 3.05) is 19.8 Å². The number of nitrogens with one attached hydrogen (secondary N) is 2. The lowest BCUT2D eigenvalue weighted by Gasteiger charge is -2.29. The molecule has 0 spiro atoms. The van der Waals surface area contributed by atoms with Gasteiger partial charge in [0.05, 0.1) is 19.3 Å². The van der Waals surface area contributed by atoms with Crippen LogP contribution in [0.3, 0.4) is 0 Å². The van der Waals surface area contributed by atoms with E-state index < -0.39 is 0 Å². The third-order valence-corrected chi connectivity index (χ3v) is 4.92. The van der Waals surface area contributed by atoms with Crippen LogP contribution in [0, 0.1) is 5.92 Å². The minimum absolute atomic E-state index is 0. The Morgan fingerprint density at radius 3 is 2.68 bits per heavy atom. The van der Waals surface area contributed by atoms with Gasteiger partial charge in [0.2, 0.25) is 5.91 Å². The van der Waals surface area contributed by atoms with Gasteiger partial charge in [-0.2, -0.15) is 0 Å². The van der Waals surface area contributed by atoms with Gasteiger partial charge in [0.1, 0.15) is 0 Å². The standard InChI is InChI=1S/C16H28N2O3.ClH/c1-11(9-21-15-4-5-20-10-15)17-16(19)8-12-6-13-2-3-14(7-12)18-13;/h11-15,18H,2-10H2,1H3,(H,17,19);1H. The number of halogens is 1. The van der Waals surface area contributed by atoms with E-state index in [4.69, 9.17) is 9.47 Å². The van der Waals surface area contributed by atoms with Crippen LogP contribution in [0.25, 0.3) is 0 Å². The van der Waals surface area contributed by atoms with Gasteiger partial charge >= 0.3 is 0 Å². The lowest BCUT2D eigenvalue weighted by molar-refractivity contribution is -0.123. The molecule has 3 aliphatic rings. The zero-order valence-corrected chi connectivity index (χ0v) is 14.2. The first-order chi connectivity index (χ1) is 10.2. The average Bonchev–Trinajstić information content (AvgIpc) is 3.06. The third kappa shape index (κ3) is 5.08. The van der Waals surface area contributed by atoms with E-state index in [1.54, 1.807) is 0 Å². The summed E-state index contributed by atoms with van der Waals surface area (Å²) in [4.78, 5) is 12.1. The number of ether oxygens (including phenoxy) is 2. The number of hydrogen-bond donors (Lipinski definition) is 2. The lowest BCUT2D eigenvalue weighted by atomic mass is 9.89. The van der Waals surface area contributed by atoms with Crippen LogP contribution in [0.4, 0.5) is 0 Å². The van der Waals surface area contributed by atoms with Crippen LogP contribution < -0.4 is 10.6 Å². The molecule has 3 fully saturated rings. The van der Waals surface area contributed by atoms with Gasteiger partial charge in [-0.1, -0.05) is 0 Å². The molecule has 2 bridgehead atoms. The highest BCUT2D eigenvalue weighted by Crippen LogP contribution is 2.32. The summed E-state index contributed by atoms with van der Waals surface area (Å²) in [6, 6.07) is 1.39. The first kappa shape index (κ1) is 18.0. The zero-order valence-electron chi connectivity index (χ0n) is 13.4. The Morgan fingerprint density at radius 1 is 1.32 bits per heavy atom. The van der Waals surface area contributed by atoms with E-state index in [1.165, 1.54) is 12.8 Å². The predicted octanol–water partition coefficient (Wildman–Crippen LogP) is 1.64. The maximum atomic E-state index is 12.1. The molecule has 128 valence electrons. The highest BCUT2D eigenvalue weighted by Gasteiger charge is 2.34. The molecule has 3 saturated heterocycles. The minimum atomic E-state index is 0. The van der Waals surface area contributed by atoms with Crippen molar-refractivity contribution in [1.82, 2.24) is 10.6 Å². The molecule has 22 heavy (non-hydrogen) atoms. The van der Waals surface area contributed by atoms with Crippen LogP contribution >= 0.6 is 12.4 Å². The molecule has 0 aromatic rings. The Hall–Kier alpha value is -0.360. The quantitative estimate of drug-likeness (QED) is 0.776. The van der Waals surface area contributed by atoms with Crippen molar-refractivity contribution in [2.45, 2.75) is 69.7 Å². The zero-order chi connectivity index (χ0) is 14.7. The number of carbonyl (C=O) groups is 1. The maximum absolute atomic E-state index is 12.1. The summed E-state index contributed by atoms with van der Waals surface area (Å²) in [6.45, 7) is 4.08. The van der Waals surface area contributed by atoms with E-state index in [0.717, 1.165) is 25.9 Å². The summed E-state index contributed by atoms with van der Waals surface area (Å²) in [7, 11) is 0. The average molecular weight is 333 g/mol. The summed E-state index contributed by atoms with van der Waals surface area (Å²) < 4.78 is 11.0. The fraction of sp³-hybridized carbons (Fsp3) is 0.938. The number of carbonyl (C=O) groups excluding carboxylic acids is 1. The van der Waals surface area contributed by atoms with E-state index >= 15 is 0 Å². The smallest absolute Gasteiger partial charge is 0.220 e. The molecule has 3 aliphatic heterocycles. The maximum Gasteiger partial charge on any atom is 0.220 e. The van der Waals surface area contributed by atoms with Gasteiger partial charge in [0, 0.05) is 31.2 Å². The number of piperidine rings is 1. The molecule has 4 unspecified atom stereocenters. The molecule has 0 radical (unpaired) electrons. The Labute approximate surface area is 139 Å². The van der Waals surface area contributed by atoms with Crippen molar-refractivity contribution >= 4 is 18.3 Å². The van der Waals surface area contributed by atoms with Crippen molar-refractivity contribution in [3.63, 3.8) is 0 Å². The number of rotatable bonds is 6. The minimum Gasteiger partial charge on any atom is -0.379 e. The van der Waals surface area contributed by atoms with E-state index in [9.17, 15) is 4.79 Å². The van der Waals surface area contributed by atoms with Crippen molar-refractivity contribution < 1.29 is 14.3 Å². The number of fused-ring (bicyclic) bond motifs is 2. The molecule has 2 N–H and O–H groups in total. The molecular formula is C16H29ClN2O3. The molecule has 0 aromatic heterocycles. The van der Waals surface area contributed by atoms with E-state index in [-0.39, 0.29) is 30.5 Å². The summed E-state index contributed by atoms with van der Waals surface area (Å²) in [5, 5.41) is 6.70. The van der Waals surface area contributed by atoms with Crippen molar-refractivity contribution in [3.05, 3.63) is 0 Å². The van der Waals surface area contributed by atoms with Crippen LogP contribution in [0.2, 0.25) is 0 Å². The summed E-state index contributed by atoms with van der Waals surface area (Å²) in [5.74, 6) is 0.736. The van der Waals surface area contributed by atoms with Gasteiger partial charge in [0.25, 0.3) is 0 Å². The SMILES string of the molecule is CC(COC1CCOC1)NC(=O)CC1CC2CCC(C1)N2.Cl. The molecule has 1 amide bonds. The molecule has 0 aromatic carbocycles. The molecule has 3 heterocycles. The van der Waals surface area contributed by atoms with Crippen LogP contribution in [-0.4, -0.2) is 50.0 Å².